The summed E-state index contributed by atoms with van der Waals surface area (Å²) in [5, 5.41) is 3.09. The van der Waals surface area contributed by atoms with Crippen LogP contribution in [0.4, 0.5) is 0 Å². The van der Waals surface area contributed by atoms with Crippen LogP contribution < -0.4 is 10.1 Å². The number of fused-ring (bicyclic) bond motifs is 2. The van der Waals surface area contributed by atoms with E-state index in [1.165, 1.54) is 11.1 Å². The van der Waals surface area contributed by atoms with Crippen LogP contribution in [0.15, 0.2) is 48.5 Å². The molecule has 1 N–H and O–H groups in total. The van der Waals surface area contributed by atoms with Gasteiger partial charge >= 0.3 is 0 Å². The Hall–Kier alpha value is -3.35. The number of carbonyl (C=O) groups excluding carboxylic acids is 3. The molecule has 0 aromatic heterocycles. The van der Waals surface area contributed by atoms with Gasteiger partial charge in [-0.3, -0.25) is 14.4 Å². The summed E-state index contributed by atoms with van der Waals surface area (Å²) < 4.78 is 5.24. The lowest BCUT2D eigenvalue weighted by Gasteiger charge is -2.34. The number of carbonyl (C=O) groups is 3. The number of rotatable bonds is 5. The van der Waals surface area contributed by atoms with E-state index in [-0.39, 0.29) is 35.6 Å². The number of nitrogens with zero attached hydrogens (tertiary/aromatic N) is 2. The van der Waals surface area contributed by atoms with Crippen molar-refractivity contribution in [3.05, 3.63) is 65.2 Å². The number of methoxy groups -OCH3 is 1. The van der Waals surface area contributed by atoms with E-state index in [0.717, 1.165) is 37.0 Å². The molecule has 5 rings (SSSR count). The first kappa shape index (κ1) is 26.3. The van der Waals surface area contributed by atoms with Crippen LogP contribution in [0.3, 0.4) is 0 Å². The molecule has 2 heterocycles. The lowest BCUT2D eigenvalue weighted by molar-refractivity contribution is -0.138. The molecule has 38 heavy (non-hydrogen) atoms. The molecule has 1 aliphatic carbocycles. The quantitative estimate of drug-likeness (QED) is 0.656. The Morgan fingerprint density at radius 2 is 1.76 bits per heavy atom. The molecule has 2 aromatic rings. The van der Waals surface area contributed by atoms with Gasteiger partial charge in [-0.25, -0.2) is 0 Å². The zero-order valence-electron chi connectivity index (χ0n) is 22.4. The second-order valence-corrected chi connectivity index (χ2v) is 10.9. The van der Waals surface area contributed by atoms with Gasteiger partial charge < -0.3 is 19.9 Å². The molecular weight excluding hydrogens is 478 g/mol. The molecule has 2 aromatic carbocycles. The first-order valence-corrected chi connectivity index (χ1v) is 14.1. The third-order valence-corrected chi connectivity index (χ3v) is 8.54. The Labute approximate surface area is 225 Å². The summed E-state index contributed by atoms with van der Waals surface area (Å²) in [4.78, 5) is 44.4. The summed E-state index contributed by atoms with van der Waals surface area (Å²) in [6, 6.07) is 15.9. The van der Waals surface area contributed by atoms with Crippen molar-refractivity contribution >= 4 is 17.7 Å². The average molecular weight is 518 g/mol. The molecular formula is C31H39N3O4. The van der Waals surface area contributed by atoms with Gasteiger partial charge in [0.1, 0.15) is 5.75 Å². The number of amides is 3. The number of nitrogens with one attached hydrogen (secondary N) is 1. The smallest absolute Gasteiger partial charge is 0.226 e. The van der Waals surface area contributed by atoms with Gasteiger partial charge in [0.2, 0.25) is 17.7 Å². The Balaban J connectivity index is 1.30. The Morgan fingerprint density at radius 1 is 0.974 bits per heavy atom. The number of benzene rings is 2. The minimum absolute atomic E-state index is 0.0101. The van der Waals surface area contributed by atoms with Crippen LogP contribution in [0.25, 0.3) is 0 Å². The van der Waals surface area contributed by atoms with Crippen LogP contribution in [0, 0.1) is 11.8 Å². The van der Waals surface area contributed by atoms with E-state index >= 15 is 0 Å². The van der Waals surface area contributed by atoms with Gasteiger partial charge in [-0.1, -0.05) is 36.4 Å². The van der Waals surface area contributed by atoms with Gasteiger partial charge in [-0.05, 0) is 73.8 Å². The SMILES string of the molecule is COc1ccc(CCC(=O)N2CCCCCNC(=O)[C@H]3C[C@H](C(=O)N4CCc5ccccc5C4)C[C@H]32)cc1. The average Bonchev–Trinajstić information content (AvgIpc) is 3.40. The van der Waals surface area contributed by atoms with E-state index < -0.39 is 0 Å². The Bertz CT molecular complexity index is 1150. The maximum Gasteiger partial charge on any atom is 0.226 e. The highest BCUT2D eigenvalue weighted by molar-refractivity contribution is 5.86. The number of ether oxygens (including phenoxy) is 1. The van der Waals surface area contributed by atoms with Crippen LogP contribution in [-0.4, -0.2) is 60.3 Å². The van der Waals surface area contributed by atoms with Crippen molar-refractivity contribution in [2.45, 2.75) is 64.0 Å². The summed E-state index contributed by atoms with van der Waals surface area (Å²) in [7, 11) is 1.64. The Kier molecular flexibility index (Phi) is 8.30. The highest BCUT2D eigenvalue weighted by atomic mass is 16.5. The molecule has 0 bridgehead atoms. The lowest BCUT2D eigenvalue weighted by atomic mass is 9.97. The van der Waals surface area contributed by atoms with Crippen LogP contribution in [0.1, 0.15) is 55.2 Å². The van der Waals surface area contributed by atoms with Crippen molar-refractivity contribution in [2.24, 2.45) is 11.8 Å². The molecule has 2 aliphatic heterocycles. The van der Waals surface area contributed by atoms with Crippen LogP contribution in [0.2, 0.25) is 0 Å². The van der Waals surface area contributed by atoms with Crippen molar-refractivity contribution in [2.75, 3.05) is 26.7 Å². The van der Waals surface area contributed by atoms with Crippen LogP contribution in [-0.2, 0) is 33.8 Å². The van der Waals surface area contributed by atoms with E-state index in [9.17, 15) is 14.4 Å². The van der Waals surface area contributed by atoms with Gasteiger partial charge in [0, 0.05) is 44.6 Å². The van der Waals surface area contributed by atoms with Crippen molar-refractivity contribution in [3.63, 3.8) is 0 Å². The molecule has 7 heteroatoms. The maximum absolute atomic E-state index is 13.7. The molecule has 3 aliphatic rings. The first-order valence-electron chi connectivity index (χ1n) is 14.1. The predicted octanol–water partition coefficient (Wildman–Crippen LogP) is 3.74. The monoisotopic (exact) mass is 517 g/mol. The van der Waals surface area contributed by atoms with Crippen molar-refractivity contribution in [1.29, 1.82) is 0 Å². The summed E-state index contributed by atoms with van der Waals surface area (Å²) in [5.74, 6) is 0.403. The van der Waals surface area contributed by atoms with Crippen LogP contribution in [0.5, 0.6) is 5.75 Å². The molecule has 0 unspecified atom stereocenters. The lowest BCUT2D eigenvalue weighted by Crippen LogP contribution is -2.48. The third-order valence-electron chi connectivity index (χ3n) is 8.54. The fourth-order valence-corrected chi connectivity index (χ4v) is 6.37. The molecule has 1 saturated heterocycles. The zero-order valence-corrected chi connectivity index (χ0v) is 22.4. The summed E-state index contributed by atoms with van der Waals surface area (Å²) in [6.07, 6.45) is 5.74. The van der Waals surface area contributed by atoms with Gasteiger partial charge in [0.15, 0.2) is 0 Å². The van der Waals surface area contributed by atoms with Gasteiger partial charge in [-0.15, -0.1) is 0 Å². The normalized spacial score (nSPS) is 23.7. The third kappa shape index (κ3) is 5.87. The highest BCUT2D eigenvalue weighted by Gasteiger charge is 2.46. The first-order chi connectivity index (χ1) is 18.5. The Morgan fingerprint density at radius 3 is 2.55 bits per heavy atom. The second kappa shape index (κ2) is 12.0. The highest BCUT2D eigenvalue weighted by Crippen LogP contribution is 2.38. The van der Waals surface area contributed by atoms with Crippen molar-refractivity contribution in [3.8, 4) is 5.75 Å². The fourth-order valence-electron chi connectivity index (χ4n) is 6.37. The van der Waals surface area contributed by atoms with Crippen molar-refractivity contribution in [1.82, 2.24) is 15.1 Å². The van der Waals surface area contributed by atoms with Crippen LogP contribution >= 0.6 is 0 Å². The van der Waals surface area contributed by atoms with E-state index in [1.54, 1.807) is 7.11 Å². The molecule has 3 amide bonds. The minimum atomic E-state index is -0.343. The maximum atomic E-state index is 13.7. The number of hydrogen-bond donors (Lipinski definition) is 1. The largest absolute Gasteiger partial charge is 0.497 e. The number of aryl methyl sites for hydroxylation is 1. The van der Waals surface area contributed by atoms with Crippen molar-refractivity contribution < 1.29 is 19.1 Å². The predicted molar refractivity (Wildman–Crippen MR) is 145 cm³/mol. The van der Waals surface area contributed by atoms with E-state index in [0.29, 0.717) is 51.9 Å². The summed E-state index contributed by atoms with van der Waals surface area (Å²) in [6.45, 7) is 2.64. The number of hydrogen-bond acceptors (Lipinski definition) is 4. The van der Waals surface area contributed by atoms with E-state index in [2.05, 4.69) is 17.4 Å². The molecule has 202 valence electrons. The second-order valence-electron chi connectivity index (χ2n) is 10.9. The minimum Gasteiger partial charge on any atom is -0.497 e. The van der Waals surface area contributed by atoms with Gasteiger partial charge in [0.25, 0.3) is 0 Å². The van der Waals surface area contributed by atoms with E-state index in [1.807, 2.05) is 46.2 Å². The molecule has 0 spiro atoms. The molecule has 3 atom stereocenters. The van der Waals surface area contributed by atoms with Gasteiger partial charge in [0.05, 0.1) is 13.0 Å². The molecule has 2 fully saturated rings. The molecule has 7 nitrogen and oxygen atoms in total. The standard InChI is InChI=1S/C31H39N3O4/c1-38-26-12-9-22(10-13-26)11-14-29(35)34-17-6-2-5-16-32-30(36)27-19-25(20-28(27)34)31(37)33-18-15-23-7-3-4-8-24(23)21-33/h3-4,7-10,12-13,25,27-28H,2,5-6,11,14-21H2,1H3,(H,32,36)/t25-,27-,28+/m0/s1. The zero-order chi connectivity index (χ0) is 26.5. The molecule has 0 radical (unpaired) electrons. The van der Waals surface area contributed by atoms with E-state index in [4.69, 9.17) is 4.74 Å². The summed E-state index contributed by atoms with van der Waals surface area (Å²) in [5.41, 5.74) is 3.60. The topological polar surface area (TPSA) is 79.0 Å². The molecule has 1 saturated carbocycles. The summed E-state index contributed by atoms with van der Waals surface area (Å²) >= 11 is 0. The fraction of sp³-hybridized carbons (Fsp3) is 0.516. The van der Waals surface area contributed by atoms with Gasteiger partial charge in [-0.2, -0.15) is 0 Å².